The molecule has 0 amide bonds. The zero-order valence-corrected chi connectivity index (χ0v) is 37.5. The van der Waals surface area contributed by atoms with Gasteiger partial charge in [0.1, 0.15) is 11.2 Å². The van der Waals surface area contributed by atoms with Crippen LogP contribution >= 0.6 is 11.3 Å². The number of fused-ring (bicyclic) bond motifs is 4. The highest BCUT2D eigenvalue weighted by molar-refractivity contribution is 7.18. The van der Waals surface area contributed by atoms with Gasteiger partial charge in [-0.15, -0.1) is 11.3 Å². The lowest BCUT2D eigenvalue weighted by atomic mass is 9.69. The highest BCUT2D eigenvalue weighted by Gasteiger charge is 2.43. The molecule has 7 heterocycles. The summed E-state index contributed by atoms with van der Waals surface area (Å²) in [6, 6.07) is 29.6. The summed E-state index contributed by atoms with van der Waals surface area (Å²) >= 11 is 1.73. The maximum Gasteiger partial charge on any atom is 0.344 e. The normalized spacial score (nSPS) is 19.2. The quantitative estimate of drug-likeness (QED) is 0.165. The predicted molar refractivity (Wildman–Crippen MR) is 253 cm³/mol. The fourth-order valence-electron chi connectivity index (χ4n) is 11.0. The molecule has 0 saturated heterocycles. The number of benzene rings is 4. The first-order valence-electron chi connectivity index (χ1n) is 22.1. The summed E-state index contributed by atoms with van der Waals surface area (Å²) in [5.74, 6) is 0. The molecule has 4 aliphatic rings. The van der Waals surface area contributed by atoms with E-state index in [4.69, 9.17) is 8.83 Å². The Labute approximate surface area is 361 Å². The number of rotatable bonds is 4. The number of nitrogens with zero attached hydrogens (tertiary/aromatic N) is 2. The first-order valence-corrected chi connectivity index (χ1v) is 22.9. The second-order valence-electron chi connectivity index (χ2n) is 20.9. The second-order valence-corrected chi connectivity index (χ2v) is 21.9. The van der Waals surface area contributed by atoms with Gasteiger partial charge in [-0.25, -0.2) is 9.59 Å². The Kier molecular flexibility index (Phi) is 8.25. The van der Waals surface area contributed by atoms with Gasteiger partial charge >= 0.3 is 11.3 Å². The summed E-state index contributed by atoms with van der Waals surface area (Å²) in [5, 5.41) is 2.00. The fraction of sp³-hybridized carbons (Fsp3) is 0.370. The third-order valence-corrected chi connectivity index (χ3v) is 16.2. The molecule has 310 valence electrons. The van der Waals surface area contributed by atoms with Gasteiger partial charge in [-0.1, -0.05) is 104 Å². The highest BCUT2D eigenvalue weighted by atomic mass is 32.1. The molecule has 4 aromatic carbocycles. The third kappa shape index (κ3) is 5.93. The molecule has 4 aliphatic heterocycles. The summed E-state index contributed by atoms with van der Waals surface area (Å²) in [4.78, 5) is 34.8. The van der Waals surface area contributed by atoms with E-state index in [2.05, 4.69) is 126 Å². The van der Waals surface area contributed by atoms with E-state index in [1.807, 2.05) is 24.3 Å². The minimum atomic E-state index is -0.296. The maximum atomic E-state index is 13.7. The van der Waals surface area contributed by atoms with Gasteiger partial charge < -0.3 is 18.6 Å². The molecule has 6 nitrogen and oxygen atoms in total. The van der Waals surface area contributed by atoms with E-state index in [0.717, 1.165) is 106 Å². The van der Waals surface area contributed by atoms with Crippen molar-refractivity contribution in [2.45, 2.75) is 103 Å². The average molecular weight is 827 g/mol. The molecule has 3 aromatic heterocycles. The lowest BCUT2D eigenvalue weighted by Crippen LogP contribution is -2.44. The molecule has 0 saturated carbocycles. The molecule has 7 heteroatoms. The summed E-state index contributed by atoms with van der Waals surface area (Å²) in [7, 11) is 0. The number of hydrogen-bond acceptors (Lipinski definition) is 7. The van der Waals surface area contributed by atoms with E-state index in [9.17, 15) is 9.59 Å². The summed E-state index contributed by atoms with van der Waals surface area (Å²) < 4.78 is 12.6. The Morgan fingerprint density at radius 3 is 1.18 bits per heavy atom. The minimum absolute atomic E-state index is 0.0450. The van der Waals surface area contributed by atoms with Crippen molar-refractivity contribution in [3.05, 3.63) is 128 Å². The van der Waals surface area contributed by atoms with Crippen molar-refractivity contribution in [2.75, 3.05) is 36.0 Å². The fourth-order valence-corrected chi connectivity index (χ4v) is 12.0. The van der Waals surface area contributed by atoms with E-state index in [-0.39, 0.29) is 32.9 Å². The van der Waals surface area contributed by atoms with Gasteiger partial charge in [-0.3, -0.25) is 0 Å². The molecule has 0 aliphatic carbocycles. The van der Waals surface area contributed by atoms with Gasteiger partial charge in [0.15, 0.2) is 0 Å². The van der Waals surface area contributed by atoms with Crippen LogP contribution in [0.15, 0.2) is 103 Å². The topological polar surface area (TPSA) is 66.9 Å². The van der Waals surface area contributed by atoms with Gasteiger partial charge in [0, 0.05) is 69.2 Å². The Bertz CT molecular complexity index is 2880. The van der Waals surface area contributed by atoms with E-state index in [0.29, 0.717) is 11.1 Å². The minimum Gasteiger partial charge on any atom is -0.422 e. The molecule has 0 unspecified atom stereocenters. The van der Waals surface area contributed by atoms with Crippen LogP contribution in [0.1, 0.15) is 103 Å². The highest BCUT2D eigenvalue weighted by Crippen LogP contribution is 2.53. The molecule has 0 spiro atoms. The SMILES string of the molecule is CC1(C)CCN2CCC(C)(C)c3c2c1cc1cc(-c2ccc(-c4ccc(-c5ccc(-c6cc7cc8c9c(c7oc6=O)C(C)(C)CCN9CCC8(C)C)cc5)s4)cc2)c(=O)oc31. The Morgan fingerprint density at radius 2 is 0.803 bits per heavy atom. The van der Waals surface area contributed by atoms with Crippen molar-refractivity contribution in [3.8, 4) is 43.1 Å². The van der Waals surface area contributed by atoms with Crippen LogP contribution < -0.4 is 21.1 Å². The molecule has 0 N–H and O–H groups in total. The van der Waals surface area contributed by atoms with Crippen LogP contribution in [0.3, 0.4) is 0 Å². The van der Waals surface area contributed by atoms with Crippen LogP contribution in [-0.4, -0.2) is 26.2 Å². The average Bonchev–Trinajstić information content (AvgIpc) is 3.72. The summed E-state index contributed by atoms with van der Waals surface area (Å²) in [6.07, 6.45) is 4.28. The monoisotopic (exact) mass is 826 g/mol. The largest absolute Gasteiger partial charge is 0.422 e. The van der Waals surface area contributed by atoms with E-state index in [1.165, 1.54) is 33.6 Å². The molecule has 0 fully saturated rings. The van der Waals surface area contributed by atoms with Crippen LogP contribution in [0.25, 0.3) is 65.1 Å². The molecular weight excluding hydrogens is 773 g/mol. The van der Waals surface area contributed by atoms with Gasteiger partial charge in [-0.05, 0) is 117 Å². The van der Waals surface area contributed by atoms with Crippen LogP contribution in [0.4, 0.5) is 11.4 Å². The van der Waals surface area contributed by atoms with Gasteiger partial charge in [0.25, 0.3) is 0 Å². The van der Waals surface area contributed by atoms with Crippen molar-refractivity contribution in [2.24, 2.45) is 0 Å². The Hall–Kier alpha value is -5.40. The van der Waals surface area contributed by atoms with Crippen LogP contribution in [-0.2, 0) is 21.7 Å². The van der Waals surface area contributed by atoms with E-state index >= 15 is 0 Å². The van der Waals surface area contributed by atoms with E-state index in [1.54, 1.807) is 11.3 Å². The van der Waals surface area contributed by atoms with Crippen LogP contribution in [0, 0.1) is 0 Å². The van der Waals surface area contributed by atoms with Crippen LogP contribution in [0.5, 0.6) is 0 Å². The standard InChI is InChI=1S/C54H54N2O4S/c1-51(2)19-23-55-25-21-53(5,6)43-45(55)39(51)29-35-27-37(49(57)59-47(35)43)31-9-13-33(14-10-31)41-17-18-42(61-41)34-15-11-32(12-16-34)38-28-36-30-40-46-44(48(36)60-50(38)58)54(7,8)22-26-56(46)24-20-52(40,3)4/h9-18,27-30H,19-26H2,1-8H3. The molecule has 11 rings (SSSR count). The molecule has 0 radical (unpaired) electrons. The van der Waals surface area contributed by atoms with Gasteiger partial charge in [0.05, 0.1) is 11.1 Å². The van der Waals surface area contributed by atoms with Crippen LogP contribution in [0.2, 0.25) is 0 Å². The first kappa shape index (κ1) is 38.5. The predicted octanol–water partition coefficient (Wildman–Crippen LogP) is 13.0. The van der Waals surface area contributed by atoms with Gasteiger partial charge in [-0.2, -0.15) is 0 Å². The first-order chi connectivity index (χ1) is 29.0. The van der Waals surface area contributed by atoms with Crippen molar-refractivity contribution in [1.82, 2.24) is 0 Å². The lowest BCUT2D eigenvalue weighted by molar-refractivity contribution is 0.398. The van der Waals surface area contributed by atoms with Crippen molar-refractivity contribution in [1.29, 1.82) is 0 Å². The molecule has 7 aromatic rings. The maximum absolute atomic E-state index is 13.7. The summed E-state index contributed by atoms with van der Waals surface area (Å²) in [5.41, 5.74) is 13.5. The zero-order chi connectivity index (χ0) is 42.4. The lowest BCUT2D eigenvalue weighted by Gasteiger charge is -2.48. The smallest absolute Gasteiger partial charge is 0.344 e. The zero-order valence-electron chi connectivity index (χ0n) is 36.7. The van der Waals surface area contributed by atoms with Crippen molar-refractivity contribution < 1.29 is 8.83 Å². The molecule has 0 bridgehead atoms. The number of thiophene rings is 1. The number of anilines is 2. The Morgan fingerprint density at radius 1 is 0.459 bits per heavy atom. The van der Waals surface area contributed by atoms with Crippen molar-refractivity contribution in [3.63, 3.8) is 0 Å². The van der Waals surface area contributed by atoms with E-state index < -0.39 is 0 Å². The number of hydrogen-bond donors (Lipinski definition) is 0. The Balaban J connectivity index is 0.886. The van der Waals surface area contributed by atoms with Gasteiger partial charge in [0.2, 0.25) is 0 Å². The van der Waals surface area contributed by atoms with Crippen molar-refractivity contribution >= 4 is 44.7 Å². The molecular formula is C54H54N2O4S. The second kappa shape index (κ2) is 13.1. The summed E-state index contributed by atoms with van der Waals surface area (Å²) in [6.45, 7) is 22.7. The molecule has 61 heavy (non-hydrogen) atoms. The molecule has 0 atom stereocenters. The third-order valence-electron chi connectivity index (χ3n) is 15.0.